The van der Waals surface area contributed by atoms with Gasteiger partial charge in [0.25, 0.3) is 5.91 Å². The summed E-state index contributed by atoms with van der Waals surface area (Å²) in [7, 11) is 1.59. The first-order valence-corrected chi connectivity index (χ1v) is 11.2. The van der Waals surface area contributed by atoms with Crippen molar-refractivity contribution in [2.45, 2.75) is 25.9 Å². The predicted molar refractivity (Wildman–Crippen MR) is 129 cm³/mol. The molecule has 0 radical (unpaired) electrons. The van der Waals surface area contributed by atoms with Gasteiger partial charge < -0.3 is 15.0 Å². The minimum Gasteiger partial charge on any atom is -0.484 e. The molecule has 0 spiro atoms. The molecule has 0 fully saturated rings. The molecule has 0 saturated heterocycles. The van der Waals surface area contributed by atoms with Crippen LogP contribution >= 0.6 is 15.9 Å². The molecule has 0 unspecified atom stereocenters. The monoisotopic (exact) mass is 494 g/mol. The van der Waals surface area contributed by atoms with E-state index in [9.17, 15) is 9.59 Å². The molecule has 0 aliphatic heterocycles. The molecule has 0 aliphatic carbocycles. The van der Waals surface area contributed by atoms with Crippen LogP contribution in [0, 0.1) is 6.92 Å². The van der Waals surface area contributed by atoms with Crippen LogP contribution in [0.25, 0.3) is 0 Å². The van der Waals surface area contributed by atoms with Gasteiger partial charge in [0.2, 0.25) is 5.91 Å². The van der Waals surface area contributed by atoms with Crippen LogP contribution in [0.3, 0.4) is 0 Å². The summed E-state index contributed by atoms with van der Waals surface area (Å²) in [6.07, 6.45) is 0.410. The summed E-state index contributed by atoms with van der Waals surface area (Å²) in [5.74, 6) is 0.153. The van der Waals surface area contributed by atoms with Gasteiger partial charge in [-0.2, -0.15) is 0 Å². The summed E-state index contributed by atoms with van der Waals surface area (Å²) in [6.45, 7) is 2.14. The van der Waals surface area contributed by atoms with Crippen LogP contribution in [-0.2, 0) is 22.6 Å². The van der Waals surface area contributed by atoms with Crippen molar-refractivity contribution in [3.05, 3.63) is 100 Å². The number of carbonyl (C=O) groups is 2. The average Bonchev–Trinajstić information content (AvgIpc) is 2.82. The van der Waals surface area contributed by atoms with Crippen molar-refractivity contribution in [1.82, 2.24) is 10.2 Å². The maximum atomic E-state index is 13.3. The molecule has 6 heteroatoms. The number of rotatable bonds is 9. The van der Waals surface area contributed by atoms with Gasteiger partial charge in [0.1, 0.15) is 11.8 Å². The third-order valence-corrected chi connectivity index (χ3v) is 5.70. The van der Waals surface area contributed by atoms with Gasteiger partial charge in [-0.25, -0.2) is 0 Å². The van der Waals surface area contributed by atoms with Gasteiger partial charge in [0.05, 0.1) is 0 Å². The molecule has 0 bridgehead atoms. The molecular weight excluding hydrogens is 468 g/mol. The van der Waals surface area contributed by atoms with E-state index >= 15 is 0 Å². The molecule has 32 heavy (non-hydrogen) atoms. The van der Waals surface area contributed by atoms with Gasteiger partial charge >= 0.3 is 0 Å². The lowest BCUT2D eigenvalue weighted by molar-refractivity contribution is -0.142. The highest BCUT2D eigenvalue weighted by Gasteiger charge is 2.30. The van der Waals surface area contributed by atoms with Crippen molar-refractivity contribution in [1.29, 1.82) is 0 Å². The molecule has 2 amide bonds. The highest BCUT2D eigenvalue weighted by Crippen LogP contribution is 2.18. The summed E-state index contributed by atoms with van der Waals surface area (Å²) in [5, 5.41) is 2.71. The third kappa shape index (κ3) is 6.69. The van der Waals surface area contributed by atoms with E-state index in [-0.39, 0.29) is 18.4 Å². The Morgan fingerprint density at radius 3 is 2.22 bits per heavy atom. The van der Waals surface area contributed by atoms with Crippen molar-refractivity contribution in [2.75, 3.05) is 13.7 Å². The van der Waals surface area contributed by atoms with Gasteiger partial charge in [-0.15, -0.1) is 0 Å². The molecule has 1 N–H and O–H groups in total. The topological polar surface area (TPSA) is 58.6 Å². The van der Waals surface area contributed by atoms with Gasteiger partial charge in [-0.05, 0) is 42.3 Å². The summed E-state index contributed by atoms with van der Waals surface area (Å²) in [4.78, 5) is 27.8. The van der Waals surface area contributed by atoms with Crippen molar-refractivity contribution in [3.63, 3.8) is 0 Å². The first kappa shape index (κ1) is 23.5. The molecule has 3 aromatic rings. The zero-order valence-corrected chi connectivity index (χ0v) is 19.8. The highest BCUT2D eigenvalue weighted by atomic mass is 79.9. The Morgan fingerprint density at radius 1 is 0.938 bits per heavy atom. The van der Waals surface area contributed by atoms with Crippen molar-refractivity contribution in [2.24, 2.45) is 0 Å². The Hall–Kier alpha value is -3.12. The molecule has 3 rings (SSSR count). The molecular formula is C26H27BrN2O3. The maximum absolute atomic E-state index is 13.3. The maximum Gasteiger partial charge on any atom is 0.261 e. The van der Waals surface area contributed by atoms with Gasteiger partial charge in [0, 0.05) is 24.5 Å². The number of aryl methyl sites for hydroxylation is 1. The fraction of sp³-hybridized carbons (Fsp3) is 0.231. The molecule has 166 valence electrons. The van der Waals surface area contributed by atoms with Crippen LogP contribution in [0.5, 0.6) is 5.75 Å². The molecule has 3 aromatic carbocycles. The number of nitrogens with zero attached hydrogens (tertiary/aromatic N) is 1. The summed E-state index contributed by atoms with van der Waals surface area (Å²) < 4.78 is 6.70. The van der Waals surface area contributed by atoms with Gasteiger partial charge in [-0.3, -0.25) is 9.59 Å². The zero-order chi connectivity index (χ0) is 22.9. The minimum absolute atomic E-state index is 0.151. The number of ether oxygens (including phenoxy) is 1. The molecule has 0 aromatic heterocycles. The van der Waals surface area contributed by atoms with Gasteiger partial charge in [0.15, 0.2) is 6.61 Å². The Bertz CT molecular complexity index is 1020. The molecule has 5 nitrogen and oxygen atoms in total. The standard InChI is InChI=1S/C26H27BrN2O3/c1-19-8-14-23(15-9-19)32-18-25(30)29(17-21-10-12-22(27)13-11-21)24(26(31)28-2)16-20-6-4-3-5-7-20/h3-15,24H,16-18H2,1-2H3,(H,28,31)/t24-/m1/s1. The van der Waals surface area contributed by atoms with E-state index in [1.165, 1.54) is 0 Å². The van der Waals surface area contributed by atoms with Crippen molar-refractivity contribution in [3.8, 4) is 5.75 Å². The van der Waals surface area contributed by atoms with E-state index < -0.39 is 6.04 Å². The Kier molecular flexibility index (Phi) is 8.45. The number of halogens is 1. The fourth-order valence-electron chi connectivity index (χ4n) is 3.37. The Balaban J connectivity index is 1.85. The second kappa shape index (κ2) is 11.5. The second-order valence-corrected chi connectivity index (χ2v) is 8.49. The molecule has 0 aliphatic rings. The van der Waals surface area contributed by atoms with E-state index in [1.807, 2.05) is 85.8 Å². The number of likely N-dealkylation sites (N-methyl/N-ethyl adjacent to an activating group) is 1. The molecule has 1 atom stereocenters. The summed E-state index contributed by atoms with van der Waals surface area (Å²) in [6, 6.07) is 24.3. The number of benzene rings is 3. The fourth-order valence-corrected chi connectivity index (χ4v) is 3.63. The Labute approximate surface area is 197 Å². The van der Waals surface area contributed by atoms with Crippen molar-refractivity contribution < 1.29 is 14.3 Å². The van der Waals surface area contributed by atoms with Crippen LogP contribution in [0.1, 0.15) is 16.7 Å². The van der Waals surface area contributed by atoms with Crippen LogP contribution in [-0.4, -0.2) is 36.4 Å². The minimum atomic E-state index is -0.667. The summed E-state index contributed by atoms with van der Waals surface area (Å²) in [5.41, 5.74) is 3.02. The highest BCUT2D eigenvalue weighted by molar-refractivity contribution is 9.10. The number of hydrogen-bond acceptors (Lipinski definition) is 3. The van der Waals surface area contributed by atoms with Crippen LogP contribution in [0.4, 0.5) is 0 Å². The predicted octanol–water partition coefficient (Wildman–Crippen LogP) is 4.52. The smallest absolute Gasteiger partial charge is 0.261 e. The lowest BCUT2D eigenvalue weighted by Crippen LogP contribution is -2.51. The van der Waals surface area contributed by atoms with E-state index in [1.54, 1.807) is 11.9 Å². The summed E-state index contributed by atoms with van der Waals surface area (Å²) >= 11 is 3.44. The van der Waals surface area contributed by atoms with E-state index in [4.69, 9.17) is 4.74 Å². The molecule has 0 saturated carbocycles. The second-order valence-electron chi connectivity index (χ2n) is 7.57. The number of nitrogens with one attached hydrogen (secondary N) is 1. The first-order chi connectivity index (χ1) is 15.5. The first-order valence-electron chi connectivity index (χ1n) is 10.4. The third-order valence-electron chi connectivity index (χ3n) is 5.17. The van der Waals surface area contributed by atoms with Crippen LogP contribution < -0.4 is 10.1 Å². The largest absolute Gasteiger partial charge is 0.484 e. The van der Waals surface area contributed by atoms with Crippen LogP contribution in [0.15, 0.2) is 83.3 Å². The van der Waals surface area contributed by atoms with Gasteiger partial charge in [-0.1, -0.05) is 76.1 Å². The van der Waals surface area contributed by atoms with E-state index in [2.05, 4.69) is 21.2 Å². The molecule has 0 heterocycles. The lowest BCUT2D eigenvalue weighted by Gasteiger charge is -2.31. The number of hydrogen-bond donors (Lipinski definition) is 1. The average molecular weight is 495 g/mol. The Morgan fingerprint density at radius 2 is 1.59 bits per heavy atom. The lowest BCUT2D eigenvalue weighted by atomic mass is 10.0. The SMILES string of the molecule is CNC(=O)[C@@H](Cc1ccccc1)N(Cc1ccc(Br)cc1)C(=O)COc1ccc(C)cc1. The van der Waals surface area contributed by atoms with E-state index in [0.29, 0.717) is 18.7 Å². The van der Waals surface area contributed by atoms with Crippen LogP contribution in [0.2, 0.25) is 0 Å². The quantitative estimate of drug-likeness (QED) is 0.475. The number of carbonyl (C=O) groups excluding carboxylic acids is 2. The normalized spacial score (nSPS) is 11.5. The van der Waals surface area contributed by atoms with E-state index in [0.717, 1.165) is 21.2 Å². The zero-order valence-electron chi connectivity index (χ0n) is 18.3. The van der Waals surface area contributed by atoms with Crippen molar-refractivity contribution >= 4 is 27.7 Å². The number of amides is 2.